The SMILES string of the molecule is CCC1=CCC(Cc2c(Br)cc(-c3ccc(OC(F)(F)F)cc3)c3c2CCO3)C=C1. The molecule has 0 saturated carbocycles. The van der Waals surface area contributed by atoms with Gasteiger partial charge in [0.2, 0.25) is 0 Å². The Morgan fingerprint density at radius 2 is 1.97 bits per heavy atom. The average Bonchev–Trinajstić information content (AvgIpc) is 3.20. The van der Waals surface area contributed by atoms with Crippen LogP contribution in [-0.2, 0) is 12.8 Å². The van der Waals surface area contributed by atoms with Crippen LogP contribution in [0.4, 0.5) is 13.2 Å². The van der Waals surface area contributed by atoms with Crippen molar-refractivity contribution >= 4 is 15.9 Å². The molecule has 0 aromatic heterocycles. The molecule has 1 atom stereocenters. The zero-order valence-corrected chi connectivity index (χ0v) is 18.1. The van der Waals surface area contributed by atoms with Gasteiger partial charge < -0.3 is 9.47 Å². The van der Waals surface area contributed by atoms with E-state index in [-0.39, 0.29) is 5.75 Å². The summed E-state index contributed by atoms with van der Waals surface area (Å²) in [6, 6.07) is 7.93. The highest BCUT2D eigenvalue weighted by atomic mass is 79.9. The van der Waals surface area contributed by atoms with Gasteiger partial charge in [0, 0.05) is 22.0 Å². The van der Waals surface area contributed by atoms with Crippen molar-refractivity contribution in [2.75, 3.05) is 6.61 Å². The first kappa shape index (κ1) is 21.0. The van der Waals surface area contributed by atoms with E-state index in [1.54, 1.807) is 12.1 Å². The van der Waals surface area contributed by atoms with E-state index < -0.39 is 6.36 Å². The molecular formula is C24H22BrF3O2. The number of halogens is 4. The van der Waals surface area contributed by atoms with Crippen LogP contribution in [0.25, 0.3) is 11.1 Å². The van der Waals surface area contributed by atoms with Gasteiger partial charge in [-0.15, -0.1) is 13.2 Å². The van der Waals surface area contributed by atoms with E-state index in [1.807, 2.05) is 6.07 Å². The second-order valence-corrected chi connectivity index (χ2v) is 8.41. The fourth-order valence-electron chi connectivity index (χ4n) is 4.06. The Bertz CT molecular complexity index is 991. The first-order chi connectivity index (χ1) is 14.3. The topological polar surface area (TPSA) is 18.5 Å². The quantitative estimate of drug-likeness (QED) is 0.445. The Labute approximate surface area is 182 Å². The smallest absolute Gasteiger partial charge is 0.492 e. The Morgan fingerprint density at radius 3 is 2.60 bits per heavy atom. The van der Waals surface area contributed by atoms with Gasteiger partial charge in [0.05, 0.1) is 6.61 Å². The number of allylic oxidation sites excluding steroid dienone is 4. The largest absolute Gasteiger partial charge is 0.573 e. The van der Waals surface area contributed by atoms with E-state index in [9.17, 15) is 13.2 Å². The summed E-state index contributed by atoms with van der Waals surface area (Å²) in [7, 11) is 0. The third-order valence-electron chi connectivity index (χ3n) is 5.58. The molecule has 1 heterocycles. The minimum absolute atomic E-state index is 0.233. The van der Waals surface area contributed by atoms with E-state index in [0.717, 1.165) is 47.0 Å². The molecule has 30 heavy (non-hydrogen) atoms. The summed E-state index contributed by atoms with van der Waals surface area (Å²) in [6.07, 6.45) is 5.97. The van der Waals surface area contributed by atoms with Gasteiger partial charge >= 0.3 is 6.36 Å². The molecule has 0 N–H and O–H groups in total. The predicted octanol–water partition coefficient (Wildman–Crippen LogP) is 7.40. The predicted molar refractivity (Wildman–Crippen MR) is 115 cm³/mol. The van der Waals surface area contributed by atoms with Crippen LogP contribution in [-0.4, -0.2) is 13.0 Å². The van der Waals surface area contributed by atoms with Gasteiger partial charge in [0.25, 0.3) is 0 Å². The van der Waals surface area contributed by atoms with E-state index in [0.29, 0.717) is 12.5 Å². The van der Waals surface area contributed by atoms with Crippen LogP contribution in [0.15, 0.2) is 58.6 Å². The van der Waals surface area contributed by atoms with Gasteiger partial charge in [0.15, 0.2) is 0 Å². The molecule has 1 aliphatic heterocycles. The van der Waals surface area contributed by atoms with E-state index in [1.165, 1.54) is 28.8 Å². The van der Waals surface area contributed by atoms with E-state index in [2.05, 4.69) is 45.8 Å². The highest BCUT2D eigenvalue weighted by Gasteiger charge is 2.31. The van der Waals surface area contributed by atoms with Gasteiger partial charge in [-0.25, -0.2) is 0 Å². The van der Waals surface area contributed by atoms with Crippen LogP contribution in [0, 0.1) is 5.92 Å². The minimum Gasteiger partial charge on any atom is -0.492 e. The molecule has 0 spiro atoms. The van der Waals surface area contributed by atoms with Crippen molar-refractivity contribution in [3.05, 3.63) is 69.7 Å². The monoisotopic (exact) mass is 478 g/mol. The number of rotatable bonds is 5. The molecule has 2 aromatic carbocycles. The van der Waals surface area contributed by atoms with Crippen LogP contribution in [0.2, 0.25) is 0 Å². The second-order valence-electron chi connectivity index (χ2n) is 7.55. The molecule has 0 amide bonds. The molecule has 6 heteroatoms. The molecular weight excluding hydrogens is 457 g/mol. The number of benzene rings is 2. The molecule has 2 nitrogen and oxygen atoms in total. The number of hydrogen-bond donors (Lipinski definition) is 0. The fraction of sp³-hybridized carbons (Fsp3) is 0.333. The highest BCUT2D eigenvalue weighted by molar-refractivity contribution is 9.10. The van der Waals surface area contributed by atoms with E-state index in [4.69, 9.17) is 4.74 Å². The molecule has 1 unspecified atom stereocenters. The van der Waals surface area contributed by atoms with Crippen LogP contribution in [0.3, 0.4) is 0 Å². The first-order valence-corrected chi connectivity index (χ1v) is 10.8. The number of ether oxygens (including phenoxy) is 2. The molecule has 1 aliphatic carbocycles. The maximum absolute atomic E-state index is 12.4. The normalized spacial score (nSPS) is 18.0. The summed E-state index contributed by atoms with van der Waals surface area (Å²) in [5.74, 6) is 1.05. The highest BCUT2D eigenvalue weighted by Crippen LogP contribution is 2.44. The Hall–Kier alpha value is -2.21. The van der Waals surface area contributed by atoms with Crippen molar-refractivity contribution < 1.29 is 22.6 Å². The van der Waals surface area contributed by atoms with Gasteiger partial charge in [0.1, 0.15) is 11.5 Å². The lowest BCUT2D eigenvalue weighted by Crippen LogP contribution is -2.16. The summed E-state index contributed by atoms with van der Waals surface area (Å²) < 4.78 is 48.2. The standard InChI is InChI=1S/C24H22BrF3O2/c1-2-15-3-5-16(6-4-15)13-21-19-11-12-29-23(19)20(14-22(21)25)17-7-9-18(10-8-17)30-24(26,27)28/h3-5,7-10,14,16H,2,6,11-13H2,1H3. The molecule has 4 rings (SSSR count). The molecule has 2 aliphatic rings. The van der Waals surface area contributed by atoms with Gasteiger partial charge in [-0.2, -0.15) is 0 Å². The Balaban J connectivity index is 1.61. The molecule has 158 valence electrons. The summed E-state index contributed by atoms with van der Waals surface area (Å²) in [6.45, 7) is 2.78. The zero-order valence-electron chi connectivity index (χ0n) is 16.6. The lowest BCUT2D eigenvalue weighted by Gasteiger charge is -2.20. The van der Waals surface area contributed by atoms with Crippen LogP contribution < -0.4 is 9.47 Å². The summed E-state index contributed by atoms with van der Waals surface area (Å²) in [5.41, 5.74) is 5.50. The minimum atomic E-state index is -4.70. The van der Waals surface area contributed by atoms with E-state index >= 15 is 0 Å². The second kappa shape index (κ2) is 8.50. The van der Waals surface area contributed by atoms with Crippen molar-refractivity contribution in [1.82, 2.24) is 0 Å². The molecule has 0 radical (unpaired) electrons. The molecule has 0 fully saturated rings. The summed E-state index contributed by atoms with van der Waals surface area (Å²) in [5, 5.41) is 0. The third-order valence-corrected chi connectivity index (χ3v) is 6.29. The van der Waals surface area contributed by atoms with Crippen molar-refractivity contribution in [3.8, 4) is 22.6 Å². The Kier molecular flexibility index (Phi) is 5.96. The molecule has 2 aromatic rings. The van der Waals surface area contributed by atoms with Crippen molar-refractivity contribution in [2.45, 2.75) is 39.0 Å². The first-order valence-electron chi connectivity index (χ1n) is 10.0. The van der Waals surface area contributed by atoms with Crippen LogP contribution in [0.5, 0.6) is 11.5 Å². The van der Waals surface area contributed by atoms with Crippen LogP contribution >= 0.6 is 15.9 Å². The zero-order chi connectivity index (χ0) is 21.3. The third kappa shape index (κ3) is 4.59. The molecule has 0 saturated heterocycles. The van der Waals surface area contributed by atoms with Gasteiger partial charge in [-0.05, 0) is 54.5 Å². The summed E-state index contributed by atoms with van der Waals surface area (Å²) in [4.78, 5) is 0. The number of hydrogen-bond acceptors (Lipinski definition) is 2. The number of fused-ring (bicyclic) bond motifs is 1. The molecule has 0 bridgehead atoms. The maximum Gasteiger partial charge on any atom is 0.573 e. The maximum atomic E-state index is 12.4. The van der Waals surface area contributed by atoms with Gasteiger partial charge in [-0.3, -0.25) is 0 Å². The van der Waals surface area contributed by atoms with Crippen LogP contribution in [0.1, 0.15) is 30.9 Å². The van der Waals surface area contributed by atoms with Crippen molar-refractivity contribution in [1.29, 1.82) is 0 Å². The van der Waals surface area contributed by atoms with Gasteiger partial charge in [-0.1, -0.05) is 58.8 Å². The summed E-state index contributed by atoms with van der Waals surface area (Å²) >= 11 is 3.74. The Morgan fingerprint density at radius 1 is 1.20 bits per heavy atom. The fourth-order valence-corrected chi connectivity index (χ4v) is 4.69. The average molecular weight is 479 g/mol. The van der Waals surface area contributed by atoms with Crippen molar-refractivity contribution in [2.24, 2.45) is 5.92 Å². The van der Waals surface area contributed by atoms with Crippen molar-refractivity contribution in [3.63, 3.8) is 0 Å². The lowest BCUT2D eigenvalue weighted by molar-refractivity contribution is -0.274. The lowest BCUT2D eigenvalue weighted by atomic mass is 9.87. The number of alkyl halides is 3.